The van der Waals surface area contributed by atoms with Gasteiger partial charge in [-0.2, -0.15) is 5.10 Å². The van der Waals surface area contributed by atoms with Crippen molar-refractivity contribution in [2.24, 2.45) is 10.2 Å². The second-order valence-electron chi connectivity index (χ2n) is 5.76. The number of nitrogens with one attached hydrogen (secondary N) is 1. The Morgan fingerprint density at radius 3 is 2.63 bits per heavy atom. The number of methoxy groups -OCH3 is 1. The van der Waals surface area contributed by atoms with Crippen molar-refractivity contribution in [1.82, 2.24) is 5.32 Å². The van der Waals surface area contributed by atoms with Gasteiger partial charge in [0.2, 0.25) is 0 Å². The molecule has 1 aliphatic heterocycles. The quantitative estimate of drug-likeness (QED) is 0.300. The highest BCUT2D eigenvalue weighted by Crippen LogP contribution is 2.27. The average Bonchev–Trinajstić information content (AvgIpc) is 3.07. The summed E-state index contributed by atoms with van der Waals surface area (Å²) in [7, 11) is 1.23. The molecule has 0 bridgehead atoms. The maximum Gasteiger partial charge on any atom is 0.331 e. The molecule has 0 saturated carbocycles. The lowest BCUT2D eigenvalue weighted by molar-refractivity contribution is -0.135. The predicted octanol–water partition coefficient (Wildman–Crippen LogP) is 4.18. The molecular formula is C20H15Cl2N3O4S. The first-order valence-corrected chi connectivity index (χ1v) is 10.1. The van der Waals surface area contributed by atoms with E-state index in [1.807, 2.05) is 12.1 Å². The fourth-order valence-electron chi connectivity index (χ4n) is 2.32. The van der Waals surface area contributed by atoms with Crippen LogP contribution in [0.3, 0.4) is 0 Å². The van der Waals surface area contributed by atoms with Crippen molar-refractivity contribution in [3.05, 3.63) is 74.6 Å². The van der Waals surface area contributed by atoms with E-state index in [4.69, 9.17) is 27.9 Å². The van der Waals surface area contributed by atoms with Gasteiger partial charge in [0, 0.05) is 27.2 Å². The number of hydrogen-bond donors (Lipinski definition) is 1. The van der Waals surface area contributed by atoms with Crippen LogP contribution in [0.2, 0.25) is 10.0 Å². The standard InChI is InChI=1S/C20H15Cl2N3O4S/c1-28-18(26)9-17-19(27)24-20(30-17)25-23-10-12-5-2-3-8-16(12)29-11-13-14(21)6-4-7-15(13)22/h2-10H,11H2,1H3,(H,24,25,27)/b17-9+,23-10?. The van der Waals surface area contributed by atoms with Gasteiger partial charge in [-0.25, -0.2) is 4.79 Å². The number of amidine groups is 1. The van der Waals surface area contributed by atoms with Gasteiger partial charge in [-0.3, -0.25) is 10.1 Å². The smallest absolute Gasteiger partial charge is 0.331 e. The summed E-state index contributed by atoms with van der Waals surface area (Å²) in [6.07, 6.45) is 2.58. The van der Waals surface area contributed by atoms with Crippen LogP contribution < -0.4 is 10.1 Å². The molecule has 1 fully saturated rings. The zero-order chi connectivity index (χ0) is 21.5. The Morgan fingerprint density at radius 2 is 1.90 bits per heavy atom. The normalized spacial score (nSPS) is 16.3. The molecule has 1 saturated heterocycles. The van der Waals surface area contributed by atoms with Gasteiger partial charge in [-0.15, -0.1) is 5.10 Å². The summed E-state index contributed by atoms with van der Waals surface area (Å²) >= 11 is 13.3. The minimum Gasteiger partial charge on any atom is -0.488 e. The van der Waals surface area contributed by atoms with E-state index in [9.17, 15) is 9.59 Å². The number of carbonyl (C=O) groups is 2. The minimum absolute atomic E-state index is 0.177. The Labute approximate surface area is 186 Å². The van der Waals surface area contributed by atoms with E-state index in [0.717, 1.165) is 17.8 Å². The number of thioether (sulfide) groups is 1. The van der Waals surface area contributed by atoms with Crippen molar-refractivity contribution in [3.8, 4) is 5.75 Å². The van der Waals surface area contributed by atoms with E-state index in [1.54, 1.807) is 30.3 Å². The molecule has 7 nitrogen and oxygen atoms in total. The highest BCUT2D eigenvalue weighted by Gasteiger charge is 2.25. The average molecular weight is 464 g/mol. The van der Waals surface area contributed by atoms with Crippen molar-refractivity contribution in [2.75, 3.05) is 7.11 Å². The van der Waals surface area contributed by atoms with Gasteiger partial charge in [0.05, 0.1) is 18.2 Å². The number of amides is 1. The van der Waals surface area contributed by atoms with Gasteiger partial charge in [0.1, 0.15) is 12.4 Å². The number of ether oxygens (including phenoxy) is 2. The predicted molar refractivity (Wildman–Crippen MR) is 118 cm³/mol. The molecule has 1 N–H and O–H groups in total. The van der Waals surface area contributed by atoms with Gasteiger partial charge in [-0.05, 0) is 36.0 Å². The summed E-state index contributed by atoms with van der Waals surface area (Å²) in [5.41, 5.74) is 1.35. The van der Waals surface area contributed by atoms with E-state index in [-0.39, 0.29) is 16.7 Å². The molecule has 0 aliphatic carbocycles. The third-order valence-electron chi connectivity index (χ3n) is 3.80. The second-order valence-corrected chi connectivity index (χ2v) is 7.61. The first-order chi connectivity index (χ1) is 14.5. The Hall–Kier alpha value is -2.81. The van der Waals surface area contributed by atoms with Crippen LogP contribution in [0, 0.1) is 0 Å². The summed E-state index contributed by atoms with van der Waals surface area (Å²) in [6, 6.07) is 12.5. The van der Waals surface area contributed by atoms with E-state index in [0.29, 0.717) is 26.9 Å². The molecular weight excluding hydrogens is 449 g/mol. The minimum atomic E-state index is -0.623. The molecule has 2 aromatic carbocycles. The molecule has 1 amide bonds. The van der Waals surface area contributed by atoms with E-state index in [1.165, 1.54) is 13.3 Å². The molecule has 1 aliphatic rings. The number of halogens is 2. The zero-order valence-corrected chi connectivity index (χ0v) is 17.9. The highest BCUT2D eigenvalue weighted by molar-refractivity contribution is 8.18. The molecule has 0 atom stereocenters. The molecule has 3 rings (SSSR count). The third kappa shape index (κ3) is 5.63. The number of para-hydroxylation sites is 1. The Bertz CT molecular complexity index is 1050. The van der Waals surface area contributed by atoms with Gasteiger partial charge in [0.15, 0.2) is 5.17 Å². The van der Waals surface area contributed by atoms with Gasteiger partial charge < -0.3 is 9.47 Å². The van der Waals surface area contributed by atoms with Crippen molar-refractivity contribution >= 4 is 58.2 Å². The van der Waals surface area contributed by atoms with Crippen LogP contribution in [0.4, 0.5) is 0 Å². The molecule has 0 spiro atoms. The fraction of sp³-hybridized carbons (Fsp3) is 0.100. The number of esters is 1. The van der Waals surface area contributed by atoms with Crippen LogP contribution in [0.25, 0.3) is 0 Å². The first-order valence-electron chi connectivity index (χ1n) is 8.52. The van der Waals surface area contributed by atoms with E-state index < -0.39 is 11.9 Å². The second kappa shape index (κ2) is 10.3. The highest BCUT2D eigenvalue weighted by atomic mass is 35.5. The topological polar surface area (TPSA) is 89.3 Å². The lowest BCUT2D eigenvalue weighted by Crippen LogP contribution is -2.19. The summed E-state index contributed by atoms with van der Waals surface area (Å²) in [5.74, 6) is -0.506. The van der Waals surface area contributed by atoms with Crippen molar-refractivity contribution < 1.29 is 19.1 Å². The Morgan fingerprint density at radius 1 is 1.17 bits per heavy atom. The Balaban J connectivity index is 1.70. The van der Waals surface area contributed by atoms with E-state index >= 15 is 0 Å². The van der Waals surface area contributed by atoms with Gasteiger partial charge in [-0.1, -0.05) is 41.4 Å². The molecule has 1 heterocycles. The van der Waals surface area contributed by atoms with Gasteiger partial charge in [0.25, 0.3) is 5.91 Å². The molecule has 154 valence electrons. The number of benzene rings is 2. The zero-order valence-electron chi connectivity index (χ0n) is 15.6. The van der Waals surface area contributed by atoms with Crippen molar-refractivity contribution in [2.45, 2.75) is 6.61 Å². The third-order valence-corrected chi connectivity index (χ3v) is 5.41. The molecule has 2 aromatic rings. The first kappa shape index (κ1) is 21.9. The lowest BCUT2D eigenvalue weighted by atomic mass is 10.2. The monoisotopic (exact) mass is 463 g/mol. The van der Waals surface area contributed by atoms with Crippen molar-refractivity contribution in [1.29, 1.82) is 0 Å². The van der Waals surface area contributed by atoms with Gasteiger partial charge >= 0.3 is 5.97 Å². The largest absolute Gasteiger partial charge is 0.488 e. The fourth-order valence-corrected chi connectivity index (χ4v) is 3.57. The van der Waals surface area contributed by atoms with Crippen LogP contribution in [0.1, 0.15) is 11.1 Å². The number of nitrogens with zero attached hydrogens (tertiary/aromatic N) is 2. The maximum absolute atomic E-state index is 11.8. The van der Waals surface area contributed by atoms with E-state index in [2.05, 4.69) is 20.3 Å². The molecule has 10 heteroatoms. The molecule has 0 aromatic heterocycles. The number of carbonyl (C=O) groups excluding carboxylic acids is 2. The summed E-state index contributed by atoms with van der Waals surface area (Å²) in [4.78, 5) is 23.3. The van der Waals surface area contributed by atoms with Crippen LogP contribution >= 0.6 is 35.0 Å². The van der Waals surface area contributed by atoms with Crippen LogP contribution in [-0.4, -0.2) is 30.4 Å². The maximum atomic E-state index is 11.8. The number of rotatable bonds is 6. The molecule has 30 heavy (non-hydrogen) atoms. The SMILES string of the molecule is COC(=O)/C=C1/S/C(=N\N=Cc2ccccc2OCc2c(Cl)cccc2Cl)NC1=O. The number of hydrogen-bond acceptors (Lipinski definition) is 7. The lowest BCUT2D eigenvalue weighted by Gasteiger charge is -2.11. The summed E-state index contributed by atoms with van der Waals surface area (Å²) in [6.45, 7) is 0.186. The van der Waals surface area contributed by atoms with Crippen LogP contribution in [0.15, 0.2) is 63.6 Å². The van der Waals surface area contributed by atoms with Crippen LogP contribution in [-0.2, 0) is 20.9 Å². The molecule has 0 unspecified atom stereocenters. The van der Waals surface area contributed by atoms with Crippen LogP contribution in [0.5, 0.6) is 5.75 Å². The molecule has 0 radical (unpaired) electrons. The van der Waals surface area contributed by atoms with Crippen molar-refractivity contribution in [3.63, 3.8) is 0 Å². The summed E-state index contributed by atoms with van der Waals surface area (Å²) in [5, 5.41) is 11.8. The summed E-state index contributed by atoms with van der Waals surface area (Å²) < 4.78 is 10.4. The Kier molecular flexibility index (Phi) is 7.51.